The number of hydrogen-bond donors (Lipinski definition) is 2. The van der Waals surface area contributed by atoms with Crippen LogP contribution in [0.4, 0.5) is 20.2 Å². The predicted molar refractivity (Wildman–Crippen MR) is 92.8 cm³/mol. The van der Waals surface area contributed by atoms with Gasteiger partial charge in [-0.25, -0.2) is 8.78 Å². The van der Waals surface area contributed by atoms with Crippen molar-refractivity contribution in [3.05, 3.63) is 72.2 Å². The lowest BCUT2D eigenvalue weighted by molar-refractivity contribution is -0.114. The zero-order valence-corrected chi connectivity index (χ0v) is 13.7. The zero-order chi connectivity index (χ0) is 18.7. The van der Waals surface area contributed by atoms with E-state index >= 15 is 0 Å². The van der Waals surface area contributed by atoms with Crippen LogP contribution in [0.3, 0.4) is 0 Å². The first kappa shape index (κ1) is 17.3. The van der Waals surface area contributed by atoms with Crippen LogP contribution >= 0.6 is 0 Å². The van der Waals surface area contributed by atoms with Gasteiger partial charge in [0.05, 0.1) is 17.6 Å². The highest BCUT2D eigenvalue weighted by Crippen LogP contribution is 2.27. The fourth-order valence-corrected chi connectivity index (χ4v) is 2.44. The Morgan fingerprint density at radius 1 is 0.923 bits per heavy atom. The minimum Gasteiger partial charge on any atom is -0.459 e. The molecule has 3 rings (SSSR count). The minimum absolute atomic E-state index is 0.0130. The molecule has 0 aliphatic rings. The SMILES string of the molecule is CC(=O)Nc1cc(NC(=O)c2occc2-c2ccccc2)c(F)cc1F. The fourth-order valence-electron chi connectivity index (χ4n) is 2.44. The second kappa shape index (κ2) is 7.18. The van der Waals surface area contributed by atoms with Gasteiger partial charge in [-0.3, -0.25) is 9.59 Å². The fraction of sp³-hybridized carbons (Fsp3) is 0.0526. The number of anilines is 2. The largest absolute Gasteiger partial charge is 0.459 e. The van der Waals surface area contributed by atoms with Gasteiger partial charge < -0.3 is 15.1 Å². The average molecular weight is 356 g/mol. The number of amides is 2. The third-order valence-corrected chi connectivity index (χ3v) is 3.57. The first-order chi connectivity index (χ1) is 12.5. The maximum Gasteiger partial charge on any atom is 0.292 e. The molecule has 0 fully saturated rings. The van der Waals surface area contributed by atoms with E-state index in [9.17, 15) is 18.4 Å². The molecule has 2 aromatic carbocycles. The van der Waals surface area contributed by atoms with E-state index < -0.39 is 23.4 Å². The van der Waals surface area contributed by atoms with E-state index in [1.165, 1.54) is 13.2 Å². The summed E-state index contributed by atoms with van der Waals surface area (Å²) in [6.07, 6.45) is 1.35. The molecule has 0 unspecified atom stereocenters. The van der Waals surface area contributed by atoms with Crippen molar-refractivity contribution in [3.63, 3.8) is 0 Å². The molecule has 1 aromatic heterocycles. The number of nitrogens with one attached hydrogen (secondary N) is 2. The first-order valence-corrected chi connectivity index (χ1v) is 7.66. The number of carbonyl (C=O) groups excluding carboxylic acids is 2. The summed E-state index contributed by atoms with van der Waals surface area (Å²) < 4.78 is 32.9. The number of hydrogen-bond acceptors (Lipinski definition) is 3. The van der Waals surface area contributed by atoms with E-state index in [1.807, 2.05) is 18.2 Å². The molecule has 132 valence electrons. The Morgan fingerprint density at radius 2 is 1.58 bits per heavy atom. The van der Waals surface area contributed by atoms with Crippen molar-refractivity contribution in [1.82, 2.24) is 0 Å². The van der Waals surface area contributed by atoms with Crippen molar-refractivity contribution in [1.29, 1.82) is 0 Å². The lowest BCUT2D eigenvalue weighted by Gasteiger charge is -2.10. The van der Waals surface area contributed by atoms with E-state index in [-0.39, 0.29) is 17.1 Å². The van der Waals surface area contributed by atoms with Gasteiger partial charge in [-0.15, -0.1) is 0 Å². The normalized spacial score (nSPS) is 10.4. The summed E-state index contributed by atoms with van der Waals surface area (Å²) in [5.41, 5.74) is 0.769. The van der Waals surface area contributed by atoms with Crippen LogP contribution in [0.1, 0.15) is 17.5 Å². The van der Waals surface area contributed by atoms with Crippen molar-refractivity contribution in [2.24, 2.45) is 0 Å². The highest BCUT2D eigenvalue weighted by atomic mass is 19.1. The molecular weight excluding hydrogens is 342 g/mol. The molecule has 2 N–H and O–H groups in total. The van der Waals surface area contributed by atoms with E-state index in [1.54, 1.807) is 18.2 Å². The zero-order valence-electron chi connectivity index (χ0n) is 13.7. The Morgan fingerprint density at radius 3 is 2.23 bits per heavy atom. The summed E-state index contributed by atoms with van der Waals surface area (Å²) in [4.78, 5) is 23.6. The molecule has 0 aliphatic carbocycles. The number of furan rings is 1. The minimum atomic E-state index is -0.974. The van der Waals surface area contributed by atoms with Gasteiger partial charge in [-0.05, 0) is 17.7 Å². The Kier molecular flexibility index (Phi) is 4.79. The van der Waals surface area contributed by atoms with Gasteiger partial charge in [0, 0.05) is 18.6 Å². The van der Waals surface area contributed by atoms with Crippen molar-refractivity contribution in [2.75, 3.05) is 10.6 Å². The number of halogens is 2. The van der Waals surface area contributed by atoms with E-state index in [0.29, 0.717) is 11.6 Å². The average Bonchev–Trinajstić information content (AvgIpc) is 3.09. The maximum atomic E-state index is 14.0. The summed E-state index contributed by atoms with van der Waals surface area (Å²) >= 11 is 0. The van der Waals surface area contributed by atoms with Crippen LogP contribution in [-0.2, 0) is 4.79 Å². The van der Waals surface area contributed by atoms with Gasteiger partial charge >= 0.3 is 0 Å². The molecule has 7 heteroatoms. The molecular formula is C19H14F2N2O3. The highest BCUT2D eigenvalue weighted by molar-refractivity contribution is 6.07. The molecule has 0 bridgehead atoms. The molecule has 0 atom stereocenters. The number of benzene rings is 2. The molecule has 0 saturated heterocycles. The number of carbonyl (C=O) groups is 2. The van der Waals surface area contributed by atoms with Gasteiger partial charge in [-0.2, -0.15) is 0 Å². The summed E-state index contributed by atoms with van der Waals surface area (Å²) in [7, 11) is 0. The van der Waals surface area contributed by atoms with Crippen LogP contribution in [0.2, 0.25) is 0 Å². The molecule has 3 aromatic rings. The Balaban J connectivity index is 1.90. The van der Waals surface area contributed by atoms with E-state index in [2.05, 4.69) is 10.6 Å². The summed E-state index contributed by atoms with van der Waals surface area (Å²) in [5.74, 6) is -3.16. The maximum absolute atomic E-state index is 14.0. The van der Waals surface area contributed by atoms with Crippen LogP contribution in [0, 0.1) is 11.6 Å². The molecule has 26 heavy (non-hydrogen) atoms. The molecule has 0 aliphatic heterocycles. The lowest BCUT2D eigenvalue weighted by Crippen LogP contribution is -2.15. The van der Waals surface area contributed by atoms with Gasteiger partial charge in [0.15, 0.2) is 5.76 Å². The smallest absolute Gasteiger partial charge is 0.292 e. The van der Waals surface area contributed by atoms with Gasteiger partial charge in [-0.1, -0.05) is 30.3 Å². The molecule has 2 amide bonds. The van der Waals surface area contributed by atoms with E-state index in [0.717, 1.165) is 11.6 Å². The molecule has 0 radical (unpaired) electrons. The molecule has 0 spiro atoms. The Bertz CT molecular complexity index is 968. The standard InChI is InChI=1S/C19H14F2N2O3/c1-11(24)22-16-10-17(15(21)9-14(16)20)23-19(25)18-13(7-8-26-18)12-5-3-2-4-6-12/h2-10H,1H3,(H,22,24)(H,23,25). The Labute approximate surface area is 147 Å². The van der Waals surface area contributed by atoms with Crippen LogP contribution in [-0.4, -0.2) is 11.8 Å². The van der Waals surface area contributed by atoms with Crippen molar-refractivity contribution in [2.45, 2.75) is 6.92 Å². The predicted octanol–water partition coefficient (Wildman–Crippen LogP) is 4.44. The first-order valence-electron chi connectivity index (χ1n) is 7.66. The lowest BCUT2D eigenvalue weighted by atomic mass is 10.1. The van der Waals surface area contributed by atoms with Crippen molar-refractivity contribution < 1.29 is 22.8 Å². The van der Waals surface area contributed by atoms with Crippen LogP contribution in [0.15, 0.2) is 59.2 Å². The quantitative estimate of drug-likeness (QED) is 0.726. The molecule has 1 heterocycles. The molecule has 0 saturated carbocycles. The van der Waals surface area contributed by atoms with Gasteiger partial charge in [0.2, 0.25) is 5.91 Å². The Hall–Kier alpha value is -3.48. The summed E-state index contributed by atoms with van der Waals surface area (Å²) in [6, 6.07) is 12.3. The van der Waals surface area contributed by atoms with E-state index in [4.69, 9.17) is 4.42 Å². The molecule has 5 nitrogen and oxygen atoms in total. The van der Waals surface area contributed by atoms with Crippen LogP contribution < -0.4 is 10.6 Å². The van der Waals surface area contributed by atoms with Crippen molar-refractivity contribution >= 4 is 23.2 Å². The monoisotopic (exact) mass is 356 g/mol. The third kappa shape index (κ3) is 3.61. The second-order valence-electron chi connectivity index (χ2n) is 5.48. The second-order valence-corrected chi connectivity index (χ2v) is 5.48. The summed E-state index contributed by atoms with van der Waals surface area (Å²) in [6.45, 7) is 1.19. The van der Waals surface area contributed by atoms with Crippen LogP contribution in [0.25, 0.3) is 11.1 Å². The van der Waals surface area contributed by atoms with Gasteiger partial charge in [0.1, 0.15) is 11.6 Å². The van der Waals surface area contributed by atoms with Crippen molar-refractivity contribution in [3.8, 4) is 11.1 Å². The number of rotatable bonds is 4. The topological polar surface area (TPSA) is 71.3 Å². The highest BCUT2D eigenvalue weighted by Gasteiger charge is 2.19. The third-order valence-electron chi connectivity index (χ3n) is 3.57. The van der Waals surface area contributed by atoms with Gasteiger partial charge in [0.25, 0.3) is 5.91 Å². The summed E-state index contributed by atoms with van der Waals surface area (Å²) in [5, 5.41) is 4.57. The van der Waals surface area contributed by atoms with Crippen LogP contribution in [0.5, 0.6) is 0 Å².